The number of quaternary nitrogens is 1. The van der Waals surface area contributed by atoms with E-state index in [0.717, 1.165) is 50.5 Å². The highest BCUT2D eigenvalue weighted by Gasteiger charge is 2.64. The van der Waals surface area contributed by atoms with E-state index >= 15 is 0 Å². The van der Waals surface area contributed by atoms with Gasteiger partial charge in [-0.1, -0.05) is 32.4 Å². The van der Waals surface area contributed by atoms with Crippen LogP contribution < -0.4 is 5.32 Å². The summed E-state index contributed by atoms with van der Waals surface area (Å²) in [5.74, 6) is 2.56. The quantitative estimate of drug-likeness (QED) is 0.585. The molecule has 31 heavy (non-hydrogen) atoms. The van der Waals surface area contributed by atoms with Gasteiger partial charge in [-0.3, -0.25) is 4.79 Å². The van der Waals surface area contributed by atoms with Crippen molar-refractivity contribution in [2.75, 3.05) is 6.54 Å². The second kappa shape index (κ2) is 6.77. The predicted octanol–water partition coefficient (Wildman–Crippen LogP) is 3.15. The fourth-order valence-corrected chi connectivity index (χ4v) is 9.07. The smallest absolute Gasteiger partial charge is 0.163 e. The highest BCUT2D eigenvalue weighted by molar-refractivity contribution is 6.02. The van der Waals surface area contributed by atoms with Crippen LogP contribution in [-0.2, 0) is 9.53 Å². The minimum atomic E-state index is -0.231. The lowest BCUT2D eigenvalue weighted by molar-refractivity contribution is -0.710. The Morgan fingerprint density at radius 1 is 1.23 bits per heavy atom. The Kier molecular flexibility index (Phi) is 4.51. The summed E-state index contributed by atoms with van der Waals surface area (Å²) >= 11 is 0. The van der Waals surface area contributed by atoms with Gasteiger partial charge in [0, 0.05) is 23.3 Å². The highest BCUT2D eigenvalue weighted by Crippen LogP contribution is 2.63. The maximum Gasteiger partial charge on any atom is 0.163 e. The number of aliphatic hydroxyl groups is 1. The molecule has 2 saturated carbocycles. The van der Waals surface area contributed by atoms with E-state index in [0.29, 0.717) is 41.6 Å². The van der Waals surface area contributed by atoms with E-state index in [9.17, 15) is 9.90 Å². The molecule has 170 valence electrons. The summed E-state index contributed by atoms with van der Waals surface area (Å²) < 4.78 is 6.96. The Balaban J connectivity index is 1.39. The van der Waals surface area contributed by atoms with Crippen molar-refractivity contribution < 1.29 is 20.0 Å². The molecular weight excluding hydrogens is 386 g/mol. The topological polar surface area (TPSA) is 63.1 Å². The number of ether oxygens (including phenoxy) is 1. The molecule has 10 atom stereocenters. The summed E-state index contributed by atoms with van der Waals surface area (Å²) in [6.45, 7) is 10.5. The van der Waals surface area contributed by atoms with Crippen LogP contribution in [0.15, 0.2) is 22.8 Å². The third-order valence-electron chi connectivity index (χ3n) is 10.8. The molecule has 0 bridgehead atoms. The minimum Gasteiger partial charge on any atom is -0.393 e. The molecule has 6 rings (SSSR count). The number of rotatable bonds is 0. The van der Waals surface area contributed by atoms with E-state index in [1.54, 1.807) is 0 Å². The first-order valence-corrected chi connectivity index (χ1v) is 12.9. The molecule has 6 aliphatic rings. The molecule has 0 unspecified atom stereocenters. The van der Waals surface area contributed by atoms with E-state index in [4.69, 9.17) is 4.74 Å². The van der Waals surface area contributed by atoms with Crippen molar-refractivity contribution in [3.63, 3.8) is 0 Å². The lowest BCUT2D eigenvalue weighted by atomic mass is 9.56. The second-order valence-electron chi connectivity index (χ2n) is 12.2. The van der Waals surface area contributed by atoms with Gasteiger partial charge in [-0.15, -0.1) is 0 Å². The normalized spacial score (nSPS) is 53.7. The molecule has 2 heterocycles. The van der Waals surface area contributed by atoms with Gasteiger partial charge in [0.2, 0.25) is 0 Å². The van der Waals surface area contributed by atoms with Crippen LogP contribution in [0.5, 0.6) is 0 Å². The fraction of sp³-hybridized carbons (Fsp3) is 0.815. The minimum absolute atomic E-state index is 0.0592. The predicted molar refractivity (Wildman–Crippen MR) is 119 cm³/mol. The van der Waals surface area contributed by atoms with Gasteiger partial charge in [0.25, 0.3) is 0 Å². The maximum atomic E-state index is 14.1. The molecule has 4 fully saturated rings. The summed E-state index contributed by atoms with van der Waals surface area (Å²) in [5.41, 5.74) is 3.50. The van der Waals surface area contributed by atoms with E-state index in [-0.39, 0.29) is 23.0 Å². The molecule has 2 aliphatic heterocycles. The summed E-state index contributed by atoms with van der Waals surface area (Å²) in [4.78, 5) is 14.1. The molecule has 0 aromatic rings. The molecule has 4 nitrogen and oxygen atoms in total. The van der Waals surface area contributed by atoms with E-state index in [1.807, 2.05) is 0 Å². The van der Waals surface area contributed by atoms with Crippen LogP contribution in [0.25, 0.3) is 0 Å². The first-order valence-electron chi connectivity index (χ1n) is 12.9. The average molecular weight is 427 g/mol. The first kappa shape index (κ1) is 20.6. The Bertz CT molecular complexity index is 876. The van der Waals surface area contributed by atoms with Gasteiger partial charge < -0.3 is 15.2 Å². The van der Waals surface area contributed by atoms with E-state index in [1.165, 1.54) is 17.7 Å². The Morgan fingerprint density at radius 2 is 2.03 bits per heavy atom. The molecule has 0 aromatic heterocycles. The van der Waals surface area contributed by atoms with Gasteiger partial charge in [0.1, 0.15) is 12.1 Å². The van der Waals surface area contributed by atoms with Crippen LogP contribution in [0.3, 0.4) is 0 Å². The molecule has 0 aromatic carbocycles. The maximum absolute atomic E-state index is 14.1. The number of fused-ring (bicyclic) bond motifs is 6. The van der Waals surface area contributed by atoms with Crippen LogP contribution in [0, 0.1) is 35.0 Å². The third-order valence-corrected chi connectivity index (χ3v) is 10.8. The molecule has 4 aliphatic carbocycles. The van der Waals surface area contributed by atoms with Crippen molar-refractivity contribution in [2.24, 2.45) is 35.0 Å². The van der Waals surface area contributed by atoms with Crippen LogP contribution in [0.4, 0.5) is 0 Å². The van der Waals surface area contributed by atoms with Gasteiger partial charge in [-0.05, 0) is 74.7 Å². The van der Waals surface area contributed by atoms with Crippen LogP contribution >= 0.6 is 0 Å². The molecule has 4 heteroatoms. The Labute approximate surface area is 186 Å². The number of hydrogen-bond acceptors (Lipinski definition) is 3. The fourth-order valence-electron chi connectivity index (χ4n) is 9.07. The van der Waals surface area contributed by atoms with Crippen LogP contribution in [0.1, 0.15) is 72.6 Å². The molecule has 3 N–H and O–H groups in total. The average Bonchev–Trinajstić information content (AvgIpc) is 3.18. The Morgan fingerprint density at radius 3 is 2.84 bits per heavy atom. The largest absolute Gasteiger partial charge is 0.393 e. The second-order valence-corrected chi connectivity index (χ2v) is 12.2. The van der Waals surface area contributed by atoms with Crippen molar-refractivity contribution in [3.05, 3.63) is 22.8 Å². The van der Waals surface area contributed by atoms with Crippen molar-refractivity contribution in [2.45, 2.75) is 96.5 Å². The van der Waals surface area contributed by atoms with Gasteiger partial charge in [0.15, 0.2) is 5.78 Å². The van der Waals surface area contributed by atoms with E-state index in [2.05, 4.69) is 39.1 Å². The zero-order chi connectivity index (χ0) is 21.7. The third kappa shape index (κ3) is 2.62. The standard InChI is InChI=1S/C27H39NO3/c1-14-11-21-24(28-13-14)16(3)27(31-21)10-8-19-20-6-5-17-12-18(29)7-9-26(17,4)23(20)25(30)22(19)15(27)2/h5,14,16,18-21,23-24,28-29H,6-13H2,1-4H3/p+1/t14-,16+,18-,19+,20+,21-,23+,24-,26-,27-/m1/s1. The summed E-state index contributed by atoms with van der Waals surface area (Å²) in [5, 5.41) is 12.8. The molecule has 2 saturated heterocycles. The zero-order valence-corrected chi connectivity index (χ0v) is 19.7. The van der Waals surface area contributed by atoms with Gasteiger partial charge in [-0.25, -0.2) is 0 Å². The summed E-state index contributed by atoms with van der Waals surface area (Å²) in [6, 6.07) is 0.535. The van der Waals surface area contributed by atoms with Crippen molar-refractivity contribution in [3.8, 4) is 0 Å². The number of nitrogens with two attached hydrogens (primary N) is 1. The van der Waals surface area contributed by atoms with Gasteiger partial charge >= 0.3 is 0 Å². The lowest BCUT2D eigenvalue weighted by Crippen LogP contribution is -2.96. The molecular formula is C27H40NO3+. The van der Waals surface area contributed by atoms with Crippen molar-refractivity contribution in [1.29, 1.82) is 0 Å². The molecule has 0 amide bonds. The van der Waals surface area contributed by atoms with Gasteiger partial charge in [-0.2, -0.15) is 0 Å². The highest BCUT2D eigenvalue weighted by atomic mass is 16.5. The number of hydrogen-bond donors (Lipinski definition) is 2. The van der Waals surface area contributed by atoms with E-state index < -0.39 is 0 Å². The monoisotopic (exact) mass is 426 g/mol. The number of carbonyl (C=O) groups excluding carboxylic acids is 1. The lowest BCUT2D eigenvalue weighted by Gasteiger charge is -2.48. The van der Waals surface area contributed by atoms with Gasteiger partial charge in [0.05, 0.1) is 18.2 Å². The number of ketones is 1. The number of piperidine rings is 1. The number of carbonyl (C=O) groups is 1. The summed E-state index contributed by atoms with van der Waals surface area (Å²) in [7, 11) is 0. The number of allylic oxidation sites excluding steroid dienone is 2. The Hall–Kier alpha value is -0.970. The van der Waals surface area contributed by atoms with Crippen molar-refractivity contribution >= 4 is 5.78 Å². The van der Waals surface area contributed by atoms with Crippen LogP contribution in [0.2, 0.25) is 0 Å². The number of Topliss-reactive ketones (excluding diaryl/α,β-unsaturated/α-hetero) is 1. The molecule has 0 radical (unpaired) electrons. The SMILES string of the molecule is CC1=C2C(=O)[C@@H]3[C@@H](CC=C4C[C@H](O)CC[C@]43C)[C@@H]2CC[C@@]12O[C@@H]1C[C@@H](C)C[NH2+][C@@H]1[C@@H]2C. The first-order chi connectivity index (χ1) is 14.8. The van der Waals surface area contributed by atoms with Crippen LogP contribution in [-0.4, -0.2) is 41.3 Å². The zero-order valence-electron chi connectivity index (χ0n) is 19.7. The van der Waals surface area contributed by atoms with Crippen molar-refractivity contribution in [1.82, 2.24) is 0 Å². The summed E-state index contributed by atoms with van der Waals surface area (Å²) in [6.07, 6.45) is 9.38. The molecule has 1 spiro atoms. The number of aliphatic hydroxyl groups excluding tert-OH is 1.